The van der Waals surface area contributed by atoms with Crippen LogP contribution in [0.2, 0.25) is 0 Å². The summed E-state index contributed by atoms with van der Waals surface area (Å²) in [5.41, 5.74) is 9.65. The van der Waals surface area contributed by atoms with Gasteiger partial charge in [-0.1, -0.05) is 54.6 Å². The molecular formula is C21H17NO. The Morgan fingerprint density at radius 1 is 0.783 bits per heavy atom. The van der Waals surface area contributed by atoms with Gasteiger partial charge in [0.2, 0.25) is 0 Å². The zero-order chi connectivity index (χ0) is 15.8. The summed E-state index contributed by atoms with van der Waals surface area (Å²) >= 11 is 0. The molecule has 0 aliphatic rings. The molecule has 0 aromatic heterocycles. The smallest absolute Gasteiger partial charge is 0.118 e. The number of benzene rings is 4. The maximum absolute atomic E-state index is 6.52. The van der Waals surface area contributed by atoms with Crippen molar-refractivity contribution in [2.75, 3.05) is 12.8 Å². The summed E-state index contributed by atoms with van der Waals surface area (Å²) in [6.45, 7) is 0. The van der Waals surface area contributed by atoms with Crippen molar-refractivity contribution < 1.29 is 4.74 Å². The molecule has 0 unspecified atom stereocenters. The van der Waals surface area contributed by atoms with E-state index in [9.17, 15) is 0 Å². The molecule has 0 radical (unpaired) electrons. The van der Waals surface area contributed by atoms with E-state index in [1.54, 1.807) is 7.11 Å². The van der Waals surface area contributed by atoms with Gasteiger partial charge in [0.1, 0.15) is 5.75 Å². The van der Waals surface area contributed by atoms with Crippen LogP contribution in [0, 0.1) is 0 Å². The Balaban J connectivity index is 2.04. The Labute approximate surface area is 135 Å². The van der Waals surface area contributed by atoms with Crippen LogP contribution in [0.15, 0.2) is 72.8 Å². The van der Waals surface area contributed by atoms with E-state index in [4.69, 9.17) is 10.5 Å². The molecular weight excluding hydrogens is 282 g/mol. The number of anilines is 1. The molecule has 0 saturated carbocycles. The van der Waals surface area contributed by atoms with Gasteiger partial charge in [0.15, 0.2) is 0 Å². The van der Waals surface area contributed by atoms with Crippen molar-refractivity contribution in [3.8, 4) is 16.9 Å². The van der Waals surface area contributed by atoms with Crippen LogP contribution in [0.25, 0.3) is 32.7 Å². The standard InChI is InChI=1S/C21H17NO/c1-23-17-11-9-14(10-12-17)18-8-4-6-16-13-15-5-2-3-7-19(15)21(22)20(16)18/h2-13H,22H2,1H3. The van der Waals surface area contributed by atoms with E-state index in [0.717, 1.165) is 38.7 Å². The number of ether oxygens (including phenoxy) is 1. The monoisotopic (exact) mass is 299 g/mol. The third-order valence-corrected chi connectivity index (χ3v) is 4.33. The molecule has 0 aliphatic heterocycles. The molecule has 4 aromatic carbocycles. The first-order chi connectivity index (χ1) is 11.3. The van der Waals surface area contributed by atoms with Crippen molar-refractivity contribution in [1.82, 2.24) is 0 Å². The minimum Gasteiger partial charge on any atom is -0.497 e. The molecule has 2 nitrogen and oxygen atoms in total. The van der Waals surface area contributed by atoms with E-state index in [1.807, 2.05) is 24.3 Å². The largest absolute Gasteiger partial charge is 0.497 e. The van der Waals surface area contributed by atoms with Crippen molar-refractivity contribution in [3.63, 3.8) is 0 Å². The number of methoxy groups -OCH3 is 1. The fraction of sp³-hybridized carbons (Fsp3) is 0.0476. The lowest BCUT2D eigenvalue weighted by Crippen LogP contribution is -1.92. The summed E-state index contributed by atoms with van der Waals surface area (Å²) in [4.78, 5) is 0. The number of hydrogen-bond donors (Lipinski definition) is 1. The van der Waals surface area contributed by atoms with Crippen molar-refractivity contribution in [2.45, 2.75) is 0 Å². The highest BCUT2D eigenvalue weighted by atomic mass is 16.5. The maximum atomic E-state index is 6.52. The average Bonchev–Trinajstić information content (AvgIpc) is 2.61. The molecule has 2 heteroatoms. The van der Waals surface area contributed by atoms with Gasteiger partial charge in [-0.2, -0.15) is 0 Å². The SMILES string of the molecule is COc1ccc(-c2cccc3cc4ccccc4c(N)c23)cc1. The lowest BCUT2D eigenvalue weighted by molar-refractivity contribution is 0.415. The first kappa shape index (κ1) is 13.6. The fourth-order valence-electron chi connectivity index (χ4n) is 3.17. The van der Waals surface area contributed by atoms with Crippen LogP contribution in [0.4, 0.5) is 5.69 Å². The summed E-state index contributed by atoms with van der Waals surface area (Å²) in [6, 6.07) is 24.9. The summed E-state index contributed by atoms with van der Waals surface area (Å²) in [5.74, 6) is 0.854. The topological polar surface area (TPSA) is 35.2 Å². The number of fused-ring (bicyclic) bond motifs is 2. The Bertz CT molecular complexity index is 1000. The minimum atomic E-state index is 0.838. The molecule has 23 heavy (non-hydrogen) atoms. The van der Waals surface area contributed by atoms with E-state index < -0.39 is 0 Å². The van der Waals surface area contributed by atoms with Crippen LogP contribution in [0.1, 0.15) is 0 Å². The minimum absolute atomic E-state index is 0.838. The summed E-state index contributed by atoms with van der Waals surface area (Å²) < 4.78 is 5.25. The van der Waals surface area contributed by atoms with Gasteiger partial charge in [-0.3, -0.25) is 0 Å². The lowest BCUT2D eigenvalue weighted by atomic mass is 9.94. The van der Waals surface area contributed by atoms with Crippen LogP contribution >= 0.6 is 0 Å². The van der Waals surface area contributed by atoms with Crippen molar-refractivity contribution in [3.05, 3.63) is 72.8 Å². The Morgan fingerprint density at radius 3 is 2.30 bits per heavy atom. The van der Waals surface area contributed by atoms with E-state index in [1.165, 1.54) is 5.39 Å². The normalized spacial score (nSPS) is 11.0. The number of nitrogens with two attached hydrogens (primary N) is 1. The van der Waals surface area contributed by atoms with Gasteiger partial charge >= 0.3 is 0 Å². The second-order valence-corrected chi connectivity index (χ2v) is 5.64. The molecule has 0 atom stereocenters. The Kier molecular flexibility index (Phi) is 3.16. The first-order valence-corrected chi connectivity index (χ1v) is 7.62. The highest BCUT2D eigenvalue weighted by Gasteiger charge is 2.10. The van der Waals surface area contributed by atoms with Gasteiger partial charge in [-0.25, -0.2) is 0 Å². The van der Waals surface area contributed by atoms with Crippen LogP contribution in [0.5, 0.6) is 5.75 Å². The van der Waals surface area contributed by atoms with E-state index >= 15 is 0 Å². The first-order valence-electron chi connectivity index (χ1n) is 7.62. The molecule has 0 fully saturated rings. The highest BCUT2D eigenvalue weighted by molar-refractivity contribution is 6.15. The van der Waals surface area contributed by atoms with Gasteiger partial charge in [0, 0.05) is 16.5 Å². The molecule has 112 valence electrons. The molecule has 4 rings (SSSR count). The van der Waals surface area contributed by atoms with Crippen LogP contribution < -0.4 is 10.5 Å². The summed E-state index contributed by atoms with van der Waals surface area (Å²) in [7, 11) is 1.68. The van der Waals surface area contributed by atoms with E-state index in [2.05, 4.69) is 48.5 Å². The van der Waals surface area contributed by atoms with Gasteiger partial charge in [-0.15, -0.1) is 0 Å². The Morgan fingerprint density at radius 2 is 1.52 bits per heavy atom. The molecule has 2 N–H and O–H groups in total. The molecule has 0 bridgehead atoms. The van der Waals surface area contributed by atoms with Crippen molar-refractivity contribution >= 4 is 27.2 Å². The number of hydrogen-bond acceptors (Lipinski definition) is 2. The van der Waals surface area contributed by atoms with Gasteiger partial charge < -0.3 is 10.5 Å². The van der Waals surface area contributed by atoms with Crippen LogP contribution in [0.3, 0.4) is 0 Å². The molecule has 0 amide bonds. The maximum Gasteiger partial charge on any atom is 0.118 e. The number of nitrogen functional groups attached to an aromatic ring is 1. The lowest BCUT2D eigenvalue weighted by Gasteiger charge is -2.13. The predicted molar refractivity (Wildman–Crippen MR) is 97.9 cm³/mol. The average molecular weight is 299 g/mol. The van der Waals surface area contributed by atoms with Crippen LogP contribution in [-0.4, -0.2) is 7.11 Å². The third kappa shape index (κ3) is 2.20. The predicted octanol–water partition coefficient (Wildman–Crippen LogP) is 5.25. The van der Waals surface area contributed by atoms with Gasteiger partial charge in [0.25, 0.3) is 0 Å². The van der Waals surface area contributed by atoms with Crippen molar-refractivity contribution in [2.24, 2.45) is 0 Å². The molecule has 4 aromatic rings. The zero-order valence-corrected chi connectivity index (χ0v) is 12.9. The third-order valence-electron chi connectivity index (χ3n) is 4.33. The second-order valence-electron chi connectivity index (χ2n) is 5.64. The zero-order valence-electron chi connectivity index (χ0n) is 12.9. The number of rotatable bonds is 2. The van der Waals surface area contributed by atoms with E-state index in [-0.39, 0.29) is 0 Å². The van der Waals surface area contributed by atoms with Gasteiger partial charge in [0.05, 0.1) is 7.11 Å². The second kappa shape index (κ2) is 5.33. The van der Waals surface area contributed by atoms with Gasteiger partial charge in [-0.05, 0) is 40.1 Å². The summed E-state index contributed by atoms with van der Waals surface area (Å²) in [6.07, 6.45) is 0. The quantitative estimate of drug-likeness (QED) is 0.405. The fourth-order valence-corrected chi connectivity index (χ4v) is 3.17. The van der Waals surface area contributed by atoms with E-state index in [0.29, 0.717) is 0 Å². The molecule has 0 heterocycles. The van der Waals surface area contributed by atoms with Crippen LogP contribution in [-0.2, 0) is 0 Å². The summed E-state index contributed by atoms with van der Waals surface area (Å²) in [5, 5.41) is 4.54. The molecule has 0 saturated heterocycles. The molecule has 0 spiro atoms. The Hall–Kier alpha value is -3.00. The highest BCUT2D eigenvalue weighted by Crippen LogP contribution is 2.37. The van der Waals surface area contributed by atoms with Crippen molar-refractivity contribution in [1.29, 1.82) is 0 Å². The molecule has 0 aliphatic carbocycles.